The van der Waals surface area contributed by atoms with E-state index in [0.29, 0.717) is 12.1 Å². The van der Waals surface area contributed by atoms with Gasteiger partial charge in [0, 0.05) is 12.1 Å². The summed E-state index contributed by atoms with van der Waals surface area (Å²) in [7, 11) is 0. The molecule has 0 bridgehead atoms. The van der Waals surface area contributed by atoms with Crippen molar-refractivity contribution in [2.45, 2.75) is 52.7 Å². The molecule has 2 amide bonds. The van der Waals surface area contributed by atoms with Crippen molar-refractivity contribution < 1.29 is 14.3 Å². The predicted octanol–water partition coefficient (Wildman–Crippen LogP) is 6.04. The van der Waals surface area contributed by atoms with E-state index in [4.69, 9.17) is 4.74 Å². The minimum atomic E-state index is -0.786. The average Bonchev–Trinajstić information content (AvgIpc) is 2.75. The van der Waals surface area contributed by atoms with Crippen molar-refractivity contribution >= 4 is 17.7 Å². The van der Waals surface area contributed by atoms with Gasteiger partial charge in [0.15, 0.2) is 0 Å². The van der Waals surface area contributed by atoms with Crippen molar-refractivity contribution in [1.29, 1.82) is 0 Å². The summed E-state index contributed by atoms with van der Waals surface area (Å²) in [5.41, 5.74) is 5.50. The highest BCUT2D eigenvalue weighted by molar-refractivity contribution is 5.96. The van der Waals surface area contributed by atoms with E-state index in [1.807, 2.05) is 55.5 Å². The lowest BCUT2D eigenvalue weighted by atomic mass is 9.99. The molecule has 0 saturated carbocycles. The largest absolute Gasteiger partial charge is 0.444 e. The first kappa shape index (κ1) is 24.1. The Bertz CT molecular complexity index is 1080. The van der Waals surface area contributed by atoms with E-state index < -0.39 is 17.7 Å². The number of hydrogen-bond acceptors (Lipinski definition) is 3. The Labute approximate surface area is 196 Å². The van der Waals surface area contributed by atoms with E-state index in [-0.39, 0.29) is 5.91 Å². The summed E-state index contributed by atoms with van der Waals surface area (Å²) in [5.74, 6) is -0.299. The number of benzene rings is 3. The van der Waals surface area contributed by atoms with Gasteiger partial charge < -0.3 is 15.4 Å². The van der Waals surface area contributed by atoms with Crippen LogP contribution in [0.4, 0.5) is 10.5 Å². The zero-order valence-electron chi connectivity index (χ0n) is 19.9. The van der Waals surface area contributed by atoms with Crippen LogP contribution in [0.15, 0.2) is 72.8 Å². The minimum absolute atomic E-state index is 0.299. The van der Waals surface area contributed by atoms with Crippen molar-refractivity contribution in [3.8, 4) is 11.1 Å². The van der Waals surface area contributed by atoms with Gasteiger partial charge >= 0.3 is 6.09 Å². The molecule has 0 aliphatic heterocycles. The molecule has 0 heterocycles. The molecule has 0 aliphatic rings. The normalized spacial score (nSPS) is 12.0. The highest BCUT2D eigenvalue weighted by Crippen LogP contribution is 2.21. The van der Waals surface area contributed by atoms with Crippen LogP contribution in [0, 0.1) is 13.8 Å². The van der Waals surface area contributed by atoms with Crippen molar-refractivity contribution in [2.75, 3.05) is 5.32 Å². The topological polar surface area (TPSA) is 67.4 Å². The lowest BCUT2D eigenvalue weighted by Crippen LogP contribution is -2.47. The molecule has 3 rings (SSSR count). The third-order valence-corrected chi connectivity index (χ3v) is 5.11. The van der Waals surface area contributed by atoms with Gasteiger partial charge in [0.25, 0.3) is 0 Å². The average molecular weight is 445 g/mol. The molecule has 33 heavy (non-hydrogen) atoms. The molecular formula is C28H32N2O3. The molecule has 5 nitrogen and oxygen atoms in total. The van der Waals surface area contributed by atoms with E-state index >= 15 is 0 Å². The molecule has 3 aromatic carbocycles. The van der Waals surface area contributed by atoms with Crippen LogP contribution in [0.3, 0.4) is 0 Å². The van der Waals surface area contributed by atoms with Gasteiger partial charge in [0.2, 0.25) is 5.91 Å². The first-order valence-corrected chi connectivity index (χ1v) is 11.1. The Morgan fingerprint density at radius 3 is 1.79 bits per heavy atom. The van der Waals surface area contributed by atoms with Gasteiger partial charge in [-0.15, -0.1) is 0 Å². The Morgan fingerprint density at radius 2 is 1.27 bits per heavy atom. The van der Waals surface area contributed by atoms with E-state index in [0.717, 1.165) is 22.3 Å². The second-order valence-corrected chi connectivity index (χ2v) is 9.32. The third kappa shape index (κ3) is 7.49. The summed E-state index contributed by atoms with van der Waals surface area (Å²) in [4.78, 5) is 25.5. The summed E-state index contributed by atoms with van der Waals surface area (Å²) in [6, 6.07) is 23.1. The van der Waals surface area contributed by atoms with Gasteiger partial charge in [0.1, 0.15) is 11.6 Å². The van der Waals surface area contributed by atoms with E-state index in [1.54, 1.807) is 20.8 Å². The number of rotatable bonds is 6. The Balaban J connectivity index is 1.76. The van der Waals surface area contributed by atoms with Gasteiger partial charge in [-0.05, 0) is 63.4 Å². The van der Waals surface area contributed by atoms with Crippen LogP contribution >= 0.6 is 0 Å². The fraction of sp³-hybridized carbons (Fsp3) is 0.286. The molecule has 0 radical (unpaired) electrons. The molecule has 0 aliphatic carbocycles. The smallest absolute Gasteiger partial charge is 0.408 e. The zero-order chi connectivity index (χ0) is 24.0. The molecular weight excluding hydrogens is 412 g/mol. The summed E-state index contributed by atoms with van der Waals surface area (Å²) in [5, 5.41) is 5.62. The highest BCUT2D eigenvalue weighted by atomic mass is 16.6. The van der Waals surface area contributed by atoms with Gasteiger partial charge in [0.05, 0.1) is 0 Å². The fourth-order valence-electron chi connectivity index (χ4n) is 3.34. The summed E-state index contributed by atoms with van der Waals surface area (Å²) in [6.07, 6.45) is -0.284. The van der Waals surface area contributed by atoms with Crippen LogP contribution in [0.2, 0.25) is 0 Å². The number of nitrogens with one attached hydrogen (secondary N) is 2. The second-order valence-electron chi connectivity index (χ2n) is 9.32. The number of carbonyl (C=O) groups excluding carboxylic acids is 2. The third-order valence-electron chi connectivity index (χ3n) is 5.11. The number of aryl methyl sites for hydroxylation is 2. The summed E-state index contributed by atoms with van der Waals surface area (Å²) >= 11 is 0. The quantitative estimate of drug-likeness (QED) is 0.487. The fourth-order valence-corrected chi connectivity index (χ4v) is 3.34. The van der Waals surface area contributed by atoms with Crippen LogP contribution in [-0.4, -0.2) is 23.6 Å². The number of alkyl carbamates (subject to hydrolysis) is 1. The highest BCUT2D eigenvalue weighted by Gasteiger charge is 2.25. The van der Waals surface area contributed by atoms with Crippen molar-refractivity contribution in [2.24, 2.45) is 0 Å². The lowest BCUT2D eigenvalue weighted by molar-refractivity contribution is -0.118. The van der Waals surface area contributed by atoms with Gasteiger partial charge in [-0.2, -0.15) is 0 Å². The molecule has 0 spiro atoms. The van der Waals surface area contributed by atoms with E-state index in [2.05, 4.69) is 41.8 Å². The maximum Gasteiger partial charge on any atom is 0.408 e. The first-order chi connectivity index (χ1) is 15.6. The van der Waals surface area contributed by atoms with Crippen LogP contribution in [0.25, 0.3) is 11.1 Å². The van der Waals surface area contributed by atoms with Gasteiger partial charge in [-0.25, -0.2) is 4.79 Å². The van der Waals surface area contributed by atoms with Gasteiger partial charge in [-0.1, -0.05) is 71.8 Å². The van der Waals surface area contributed by atoms with Gasteiger partial charge in [-0.3, -0.25) is 4.79 Å². The van der Waals surface area contributed by atoms with Crippen LogP contribution < -0.4 is 10.6 Å². The summed E-state index contributed by atoms with van der Waals surface area (Å²) in [6.45, 7) is 9.42. The molecule has 0 fully saturated rings. The SMILES string of the molecule is Cc1ccc(NC(=O)[C@@H](Cc2ccc(-c3ccc(C)cc3)cc2)NC(=O)OC(C)(C)C)cc1. The Kier molecular flexibility index (Phi) is 7.54. The second kappa shape index (κ2) is 10.3. The Hall–Kier alpha value is -3.60. The number of anilines is 1. The molecule has 2 N–H and O–H groups in total. The minimum Gasteiger partial charge on any atom is -0.444 e. The lowest BCUT2D eigenvalue weighted by Gasteiger charge is -2.23. The maximum atomic E-state index is 13.0. The van der Waals surface area contributed by atoms with Crippen molar-refractivity contribution in [3.05, 3.63) is 89.5 Å². The predicted molar refractivity (Wildman–Crippen MR) is 133 cm³/mol. The van der Waals surface area contributed by atoms with Crippen molar-refractivity contribution in [3.63, 3.8) is 0 Å². The molecule has 0 aromatic heterocycles. The maximum absolute atomic E-state index is 13.0. The molecule has 1 atom stereocenters. The van der Waals surface area contributed by atoms with Crippen LogP contribution in [0.1, 0.15) is 37.5 Å². The number of hydrogen-bond donors (Lipinski definition) is 2. The first-order valence-electron chi connectivity index (χ1n) is 11.1. The number of carbonyl (C=O) groups is 2. The molecule has 0 saturated heterocycles. The van der Waals surface area contributed by atoms with E-state index in [1.165, 1.54) is 5.56 Å². The Morgan fingerprint density at radius 1 is 0.788 bits per heavy atom. The van der Waals surface area contributed by atoms with Crippen LogP contribution in [0.5, 0.6) is 0 Å². The monoisotopic (exact) mass is 444 g/mol. The van der Waals surface area contributed by atoms with Crippen molar-refractivity contribution in [1.82, 2.24) is 5.32 Å². The summed E-state index contributed by atoms with van der Waals surface area (Å²) < 4.78 is 5.38. The molecule has 172 valence electrons. The molecule has 5 heteroatoms. The van der Waals surface area contributed by atoms with Crippen LogP contribution in [-0.2, 0) is 16.0 Å². The zero-order valence-corrected chi connectivity index (χ0v) is 19.9. The standard InChI is InChI=1S/C28H32N2O3/c1-19-6-12-22(13-7-19)23-14-10-21(11-15-23)18-25(30-27(32)33-28(3,4)5)26(31)29-24-16-8-20(2)9-17-24/h6-17,25H,18H2,1-5H3,(H,29,31)(H,30,32)/t25-/m1/s1. The number of amides is 2. The van der Waals surface area contributed by atoms with E-state index in [9.17, 15) is 9.59 Å². The number of ether oxygens (including phenoxy) is 1. The molecule has 0 unspecified atom stereocenters. The molecule has 3 aromatic rings.